The number of aromatic nitrogens is 1. The second-order valence-electron chi connectivity index (χ2n) is 4.74. The molecule has 0 saturated carbocycles. The maximum atomic E-state index is 3.48. The van der Waals surface area contributed by atoms with Crippen LogP contribution >= 0.6 is 0 Å². The maximum absolute atomic E-state index is 3.48. The SMILES string of the molecule is c1cc2c[nH]c3c4c(ccc3c-2c1)CNCC4. The molecule has 2 aliphatic heterocycles. The third kappa shape index (κ3) is 1.25. The van der Waals surface area contributed by atoms with Crippen LogP contribution in [0.15, 0.2) is 36.5 Å². The van der Waals surface area contributed by atoms with Crippen LogP contribution in [0.5, 0.6) is 0 Å². The average molecular weight is 222 g/mol. The third-order valence-electron chi connectivity index (χ3n) is 3.79. The summed E-state index contributed by atoms with van der Waals surface area (Å²) in [7, 11) is 0. The van der Waals surface area contributed by atoms with Crippen molar-refractivity contribution in [2.45, 2.75) is 13.0 Å². The molecule has 0 spiro atoms. The molecule has 0 saturated heterocycles. The Labute approximate surface area is 100.0 Å². The van der Waals surface area contributed by atoms with E-state index in [0.29, 0.717) is 0 Å². The topological polar surface area (TPSA) is 27.8 Å². The van der Waals surface area contributed by atoms with E-state index >= 15 is 0 Å². The highest BCUT2D eigenvalue weighted by Crippen LogP contribution is 2.33. The minimum absolute atomic E-state index is 0.998. The Morgan fingerprint density at radius 2 is 2.06 bits per heavy atom. The lowest BCUT2D eigenvalue weighted by atomic mass is 9.94. The highest BCUT2D eigenvalue weighted by molar-refractivity contribution is 5.97. The number of hydrogen-bond acceptors (Lipinski definition) is 1. The summed E-state index contributed by atoms with van der Waals surface area (Å²) in [6.07, 6.45) is 3.25. The van der Waals surface area contributed by atoms with Gasteiger partial charge in [0.1, 0.15) is 0 Å². The fourth-order valence-electron chi connectivity index (χ4n) is 2.92. The summed E-state index contributed by atoms with van der Waals surface area (Å²) in [5.41, 5.74) is 6.91. The lowest BCUT2D eigenvalue weighted by Crippen LogP contribution is -2.23. The molecule has 4 rings (SSSR count). The minimum atomic E-state index is 0.998. The van der Waals surface area contributed by atoms with Crippen LogP contribution < -0.4 is 5.32 Å². The van der Waals surface area contributed by atoms with E-state index in [-0.39, 0.29) is 0 Å². The second-order valence-corrected chi connectivity index (χ2v) is 4.74. The molecule has 84 valence electrons. The van der Waals surface area contributed by atoms with Crippen molar-refractivity contribution in [3.8, 4) is 11.1 Å². The molecule has 1 aliphatic carbocycles. The van der Waals surface area contributed by atoms with Gasteiger partial charge in [0.25, 0.3) is 0 Å². The minimum Gasteiger partial charge on any atom is -0.360 e. The average Bonchev–Trinajstić information content (AvgIpc) is 2.86. The van der Waals surface area contributed by atoms with Crippen LogP contribution in [-0.2, 0) is 13.0 Å². The molecule has 1 aromatic rings. The number of H-pyrrole nitrogens is 1. The third-order valence-corrected chi connectivity index (χ3v) is 3.79. The molecule has 3 aliphatic rings. The molecule has 0 bridgehead atoms. The molecule has 2 heterocycles. The van der Waals surface area contributed by atoms with Crippen LogP contribution in [0, 0.1) is 0 Å². The summed E-state index contributed by atoms with van der Waals surface area (Å²) in [5, 5.41) is 4.78. The number of pyridine rings is 1. The van der Waals surface area contributed by atoms with Crippen LogP contribution in [0.4, 0.5) is 0 Å². The van der Waals surface area contributed by atoms with E-state index in [0.717, 1.165) is 19.5 Å². The van der Waals surface area contributed by atoms with Gasteiger partial charge in [0.15, 0.2) is 0 Å². The van der Waals surface area contributed by atoms with E-state index in [1.165, 1.54) is 33.2 Å². The van der Waals surface area contributed by atoms with E-state index in [1.807, 2.05) is 0 Å². The molecule has 2 N–H and O–H groups in total. The molecule has 0 unspecified atom stereocenters. The highest BCUT2D eigenvalue weighted by atomic mass is 14.9. The number of nitrogens with one attached hydrogen (secondary N) is 2. The Kier molecular flexibility index (Phi) is 1.82. The highest BCUT2D eigenvalue weighted by Gasteiger charge is 2.15. The fourth-order valence-corrected chi connectivity index (χ4v) is 2.92. The van der Waals surface area contributed by atoms with Crippen molar-refractivity contribution in [2.24, 2.45) is 0 Å². The first kappa shape index (κ1) is 9.25. The van der Waals surface area contributed by atoms with Gasteiger partial charge in [-0.2, -0.15) is 0 Å². The van der Waals surface area contributed by atoms with Crippen molar-refractivity contribution in [1.29, 1.82) is 0 Å². The van der Waals surface area contributed by atoms with Gasteiger partial charge in [-0.3, -0.25) is 0 Å². The number of benzene rings is 1. The van der Waals surface area contributed by atoms with E-state index in [2.05, 4.69) is 46.8 Å². The molecule has 0 atom stereocenters. The van der Waals surface area contributed by atoms with Gasteiger partial charge in [0, 0.05) is 23.6 Å². The zero-order valence-electron chi connectivity index (χ0n) is 9.59. The summed E-state index contributed by atoms with van der Waals surface area (Å²) in [6, 6.07) is 11.0. The number of fused-ring (bicyclic) bond motifs is 5. The van der Waals surface area contributed by atoms with Gasteiger partial charge in [0.05, 0.1) is 0 Å². The Hall–Kier alpha value is -1.80. The van der Waals surface area contributed by atoms with Crippen molar-refractivity contribution >= 4 is 10.9 Å². The zero-order valence-corrected chi connectivity index (χ0v) is 9.59. The van der Waals surface area contributed by atoms with E-state index in [9.17, 15) is 0 Å². The quantitative estimate of drug-likeness (QED) is 0.601. The van der Waals surface area contributed by atoms with Crippen molar-refractivity contribution in [3.05, 3.63) is 47.7 Å². The first-order valence-corrected chi connectivity index (χ1v) is 6.15. The van der Waals surface area contributed by atoms with Gasteiger partial charge >= 0.3 is 0 Å². The summed E-state index contributed by atoms with van der Waals surface area (Å²) in [6.45, 7) is 2.08. The van der Waals surface area contributed by atoms with Crippen LogP contribution in [0.1, 0.15) is 11.1 Å². The van der Waals surface area contributed by atoms with Crippen molar-refractivity contribution < 1.29 is 0 Å². The summed E-state index contributed by atoms with van der Waals surface area (Å²) in [4.78, 5) is 3.48. The number of hydrogen-bond donors (Lipinski definition) is 2. The van der Waals surface area contributed by atoms with Gasteiger partial charge in [-0.25, -0.2) is 0 Å². The first-order valence-electron chi connectivity index (χ1n) is 6.15. The molecular formula is C15H14N2. The Balaban J connectivity index is 2.14. The Morgan fingerprint density at radius 3 is 3.06 bits per heavy atom. The maximum Gasteiger partial charge on any atom is 0.0496 e. The summed E-state index contributed by atoms with van der Waals surface area (Å²) < 4.78 is 0. The zero-order chi connectivity index (χ0) is 11.2. The number of aromatic amines is 1. The normalized spacial score (nSPS) is 15.3. The predicted octanol–water partition coefficient (Wildman–Crippen LogP) is 2.92. The lowest BCUT2D eigenvalue weighted by Gasteiger charge is -2.20. The number of rotatable bonds is 0. The van der Waals surface area contributed by atoms with Crippen LogP contribution in [-0.4, -0.2) is 11.5 Å². The van der Waals surface area contributed by atoms with Gasteiger partial charge in [-0.05, 0) is 35.2 Å². The van der Waals surface area contributed by atoms with Crippen molar-refractivity contribution in [3.63, 3.8) is 0 Å². The van der Waals surface area contributed by atoms with Crippen LogP contribution in [0.2, 0.25) is 0 Å². The van der Waals surface area contributed by atoms with E-state index < -0.39 is 0 Å². The molecule has 17 heavy (non-hydrogen) atoms. The molecule has 0 fully saturated rings. The molecule has 0 aromatic heterocycles. The van der Waals surface area contributed by atoms with Crippen molar-refractivity contribution in [1.82, 2.24) is 10.3 Å². The van der Waals surface area contributed by atoms with Crippen LogP contribution in [0.25, 0.3) is 22.0 Å². The second kappa shape index (κ2) is 3.34. The summed E-state index contributed by atoms with van der Waals surface area (Å²) >= 11 is 0. The fraction of sp³-hybridized carbons (Fsp3) is 0.200. The molecular weight excluding hydrogens is 208 g/mol. The van der Waals surface area contributed by atoms with Gasteiger partial charge in [0.2, 0.25) is 0 Å². The van der Waals surface area contributed by atoms with Crippen LogP contribution in [0.3, 0.4) is 0 Å². The standard InChI is InChI=1S/C15H14N2/c1-2-10-9-17-15-13-6-7-16-8-11(13)4-5-14(15)12(10)3-1/h1-5,9,16-17H,6-8H2. The van der Waals surface area contributed by atoms with E-state index in [1.54, 1.807) is 0 Å². The van der Waals surface area contributed by atoms with Gasteiger partial charge in [-0.15, -0.1) is 0 Å². The van der Waals surface area contributed by atoms with Crippen molar-refractivity contribution in [2.75, 3.05) is 6.54 Å². The molecule has 1 aromatic carbocycles. The predicted molar refractivity (Wildman–Crippen MR) is 70.3 cm³/mol. The largest absolute Gasteiger partial charge is 0.360 e. The van der Waals surface area contributed by atoms with Gasteiger partial charge in [-0.1, -0.05) is 30.3 Å². The molecule has 2 nitrogen and oxygen atoms in total. The molecule has 0 radical (unpaired) electrons. The molecule has 0 amide bonds. The monoisotopic (exact) mass is 222 g/mol. The molecule has 2 heteroatoms. The Bertz CT molecular complexity index is 666. The Morgan fingerprint density at radius 1 is 1.06 bits per heavy atom. The lowest BCUT2D eigenvalue weighted by molar-refractivity contribution is 0.646. The first-order chi connectivity index (χ1) is 8.43. The van der Waals surface area contributed by atoms with E-state index in [4.69, 9.17) is 0 Å². The summed E-state index contributed by atoms with van der Waals surface area (Å²) in [5.74, 6) is 0. The smallest absolute Gasteiger partial charge is 0.0496 e. The van der Waals surface area contributed by atoms with Gasteiger partial charge < -0.3 is 10.3 Å².